The average molecular weight is 235 g/mol. The van der Waals surface area contributed by atoms with E-state index in [2.05, 4.69) is 18.0 Å². The second-order valence-corrected chi connectivity index (χ2v) is 5.02. The molecule has 1 aliphatic carbocycles. The lowest BCUT2D eigenvalue weighted by molar-refractivity contribution is 0.569. The molecule has 2 aromatic rings. The predicted molar refractivity (Wildman–Crippen MR) is 67.9 cm³/mol. The van der Waals surface area contributed by atoms with Crippen molar-refractivity contribution in [3.8, 4) is 0 Å². The fraction of sp³-hybridized carbons (Fsp3) is 0.385. The second-order valence-electron chi connectivity index (χ2n) is 4.61. The molecule has 0 saturated heterocycles. The first-order valence-electron chi connectivity index (χ1n) is 5.73. The summed E-state index contributed by atoms with van der Waals surface area (Å²) in [6.07, 6.45) is 3.37. The molecule has 1 heterocycles. The Bertz CT molecular complexity index is 557. The molecule has 1 atom stereocenters. The lowest BCUT2D eigenvalue weighted by Crippen LogP contribution is -2.16. The quantitative estimate of drug-likeness (QED) is 0.720. The number of nitrogens with one attached hydrogen (secondary N) is 1. The van der Waals surface area contributed by atoms with Crippen LogP contribution in [0.2, 0.25) is 5.02 Å². The van der Waals surface area contributed by atoms with Gasteiger partial charge in [-0.1, -0.05) is 17.7 Å². The number of aromatic amines is 1. The van der Waals surface area contributed by atoms with E-state index in [1.165, 1.54) is 23.1 Å². The highest BCUT2D eigenvalue weighted by Gasteiger charge is 2.22. The maximum atomic E-state index is 6.19. The number of hydrogen-bond donors (Lipinski definition) is 2. The number of fused-ring (bicyclic) bond motifs is 3. The highest BCUT2D eigenvalue weighted by molar-refractivity contribution is 6.32. The van der Waals surface area contributed by atoms with E-state index in [1.54, 1.807) is 0 Å². The molecular weight excluding hydrogens is 220 g/mol. The molecule has 0 saturated carbocycles. The van der Waals surface area contributed by atoms with Crippen molar-refractivity contribution in [2.75, 3.05) is 0 Å². The van der Waals surface area contributed by atoms with Crippen LogP contribution < -0.4 is 5.73 Å². The zero-order valence-corrected chi connectivity index (χ0v) is 10.1. The summed E-state index contributed by atoms with van der Waals surface area (Å²) < 4.78 is 0. The number of aryl methyl sites for hydroxylation is 2. The van der Waals surface area contributed by atoms with Gasteiger partial charge >= 0.3 is 0 Å². The molecule has 0 bridgehead atoms. The summed E-state index contributed by atoms with van der Waals surface area (Å²) in [6.45, 7) is 2.05. The van der Waals surface area contributed by atoms with E-state index in [1.807, 2.05) is 6.07 Å². The third kappa shape index (κ3) is 1.30. The molecule has 84 valence electrons. The molecule has 0 aliphatic heterocycles. The zero-order chi connectivity index (χ0) is 11.3. The first kappa shape index (κ1) is 10.2. The molecule has 1 aromatic carbocycles. The molecule has 16 heavy (non-hydrogen) atoms. The largest absolute Gasteiger partial charge is 0.358 e. The summed E-state index contributed by atoms with van der Waals surface area (Å²) in [5.41, 5.74) is 11.1. The predicted octanol–water partition coefficient (Wildman–Crippen LogP) is 3.47. The van der Waals surface area contributed by atoms with Gasteiger partial charge in [-0.2, -0.15) is 0 Å². The van der Waals surface area contributed by atoms with Crippen LogP contribution in [0.15, 0.2) is 12.1 Å². The maximum absolute atomic E-state index is 6.19. The summed E-state index contributed by atoms with van der Waals surface area (Å²) >= 11 is 6.14. The standard InChI is InChI=1S/C13H15ClN2/c1-7-9(14)6-5-8-12-10(15)3-2-4-11(12)16-13(7)8/h5-6,10,16H,2-4,15H2,1H3. The maximum Gasteiger partial charge on any atom is 0.0504 e. The van der Waals surface area contributed by atoms with E-state index in [0.717, 1.165) is 28.9 Å². The lowest BCUT2D eigenvalue weighted by Gasteiger charge is -2.18. The Morgan fingerprint density at radius 1 is 1.44 bits per heavy atom. The smallest absolute Gasteiger partial charge is 0.0504 e. The number of halogens is 1. The fourth-order valence-electron chi connectivity index (χ4n) is 2.72. The van der Waals surface area contributed by atoms with E-state index in [0.29, 0.717) is 0 Å². The molecule has 1 aliphatic rings. The molecule has 3 N–H and O–H groups in total. The number of rotatable bonds is 0. The Balaban J connectivity index is 2.37. The summed E-state index contributed by atoms with van der Waals surface area (Å²) in [5.74, 6) is 0. The van der Waals surface area contributed by atoms with Gasteiger partial charge in [0.1, 0.15) is 0 Å². The van der Waals surface area contributed by atoms with Crippen LogP contribution in [0.5, 0.6) is 0 Å². The van der Waals surface area contributed by atoms with Crippen LogP contribution in [0, 0.1) is 6.92 Å². The average Bonchev–Trinajstić information content (AvgIpc) is 2.64. The van der Waals surface area contributed by atoms with E-state index < -0.39 is 0 Å². The van der Waals surface area contributed by atoms with Crippen LogP contribution in [0.4, 0.5) is 0 Å². The summed E-state index contributed by atoms with van der Waals surface area (Å²) in [7, 11) is 0. The van der Waals surface area contributed by atoms with Gasteiger partial charge in [0, 0.05) is 22.1 Å². The lowest BCUT2D eigenvalue weighted by atomic mass is 9.91. The highest BCUT2D eigenvalue weighted by Crippen LogP contribution is 2.36. The van der Waals surface area contributed by atoms with Gasteiger partial charge in [0.15, 0.2) is 0 Å². The van der Waals surface area contributed by atoms with Gasteiger partial charge in [-0.3, -0.25) is 0 Å². The van der Waals surface area contributed by atoms with Crippen molar-refractivity contribution >= 4 is 22.5 Å². The van der Waals surface area contributed by atoms with Gasteiger partial charge in [-0.15, -0.1) is 0 Å². The summed E-state index contributed by atoms with van der Waals surface area (Å²) in [6, 6.07) is 4.23. The minimum atomic E-state index is 0.179. The van der Waals surface area contributed by atoms with Crippen molar-refractivity contribution in [2.24, 2.45) is 5.73 Å². The molecule has 3 rings (SSSR count). The molecule has 0 fully saturated rings. The normalized spacial score (nSPS) is 20.1. The summed E-state index contributed by atoms with van der Waals surface area (Å²) in [5, 5.41) is 2.07. The minimum absolute atomic E-state index is 0.179. The summed E-state index contributed by atoms with van der Waals surface area (Å²) in [4.78, 5) is 3.49. The van der Waals surface area contributed by atoms with Crippen molar-refractivity contribution < 1.29 is 0 Å². The van der Waals surface area contributed by atoms with Gasteiger partial charge < -0.3 is 10.7 Å². The molecule has 3 heteroatoms. The van der Waals surface area contributed by atoms with Crippen molar-refractivity contribution in [1.82, 2.24) is 4.98 Å². The third-order valence-electron chi connectivity index (χ3n) is 3.60. The van der Waals surface area contributed by atoms with Crippen LogP contribution in [-0.4, -0.2) is 4.98 Å². The van der Waals surface area contributed by atoms with Crippen molar-refractivity contribution in [1.29, 1.82) is 0 Å². The number of benzene rings is 1. The Hall–Kier alpha value is -0.990. The monoisotopic (exact) mass is 234 g/mol. The van der Waals surface area contributed by atoms with Crippen molar-refractivity contribution in [3.63, 3.8) is 0 Å². The number of H-pyrrole nitrogens is 1. The minimum Gasteiger partial charge on any atom is -0.358 e. The van der Waals surface area contributed by atoms with Crippen molar-refractivity contribution in [2.45, 2.75) is 32.2 Å². The number of aromatic nitrogens is 1. The van der Waals surface area contributed by atoms with Gasteiger partial charge in [0.05, 0.1) is 5.52 Å². The second kappa shape index (κ2) is 3.51. The van der Waals surface area contributed by atoms with Crippen molar-refractivity contribution in [3.05, 3.63) is 34.0 Å². The van der Waals surface area contributed by atoms with E-state index in [-0.39, 0.29) is 6.04 Å². The van der Waals surface area contributed by atoms with Crippen LogP contribution in [0.1, 0.15) is 35.7 Å². The van der Waals surface area contributed by atoms with E-state index >= 15 is 0 Å². The zero-order valence-electron chi connectivity index (χ0n) is 9.31. The molecule has 0 radical (unpaired) electrons. The molecule has 2 nitrogen and oxygen atoms in total. The molecule has 1 unspecified atom stereocenters. The number of nitrogens with two attached hydrogens (primary N) is 1. The SMILES string of the molecule is Cc1c(Cl)ccc2c3c([nH]c12)CCCC3N. The molecule has 0 spiro atoms. The highest BCUT2D eigenvalue weighted by atomic mass is 35.5. The first-order valence-corrected chi connectivity index (χ1v) is 6.11. The van der Waals surface area contributed by atoms with Gasteiger partial charge in [-0.05, 0) is 43.4 Å². The fourth-order valence-corrected chi connectivity index (χ4v) is 2.87. The third-order valence-corrected chi connectivity index (χ3v) is 4.01. The van der Waals surface area contributed by atoms with E-state index in [9.17, 15) is 0 Å². The van der Waals surface area contributed by atoms with Gasteiger partial charge in [-0.25, -0.2) is 0 Å². The Labute approximate surface area is 99.8 Å². The van der Waals surface area contributed by atoms with Crippen LogP contribution in [0.3, 0.4) is 0 Å². The molecular formula is C13H15ClN2. The van der Waals surface area contributed by atoms with Gasteiger partial charge in [0.25, 0.3) is 0 Å². The molecule has 1 aromatic heterocycles. The number of hydrogen-bond acceptors (Lipinski definition) is 1. The van der Waals surface area contributed by atoms with Crippen LogP contribution in [-0.2, 0) is 6.42 Å². The van der Waals surface area contributed by atoms with Crippen LogP contribution >= 0.6 is 11.6 Å². The molecule has 0 amide bonds. The topological polar surface area (TPSA) is 41.8 Å². The van der Waals surface area contributed by atoms with Gasteiger partial charge in [0.2, 0.25) is 0 Å². The Kier molecular flexibility index (Phi) is 2.23. The van der Waals surface area contributed by atoms with Crippen LogP contribution in [0.25, 0.3) is 10.9 Å². The Morgan fingerprint density at radius 3 is 3.06 bits per heavy atom. The Morgan fingerprint density at radius 2 is 2.25 bits per heavy atom. The first-order chi connectivity index (χ1) is 7.68. The van der Waals surface area contributed by atoms with E-state index in [4.69, 9.17) is 17.3 Å².